The predicted octanol–water partition coefficient (Wildman–Crippen LogP) is 1.29. The van der Waals surface area contributed by atoms with E-state index < -0.39 is 4.92 Å². The molecule has 0 unspecified atom stereocenters. The molecule has 0 spiro atoms. The molecule has 0 aliphatic heterocycles. The molecule has 0 saturated carbocycles. The van der Waals surface area contributed by atoms with Crippen molar-refractivity contribution < 1.29 is 9.65 Å². The lowest BCUT2D eigenvalue weighted by Crippen LogP contribution is -2.29. The monoisotopic (exact) mass is 217 g/mol. The maximum Gasteiger partial charge on any atom is 0.333 e. The topological polar surface area (TPSA) is 83.0 Å². The fourth-order valence-corrected chi connectivity index (χ4v) is 1.32. The van der Waals surface area contributed by atoms with Crippen LogP contribution in [0.2, 0.25) is 0 Å². The molecule has 0 fully saturated rings. The van der Waals surface area contributed by atoms with Gasteiger partial charge >= 0.3 is 5.82 Å². The zero-order valence-corrected chi connectivity index (χ0v) is 8.11. The van der Waals surface area contributed by atoms with Crippen LogP contribution in [0.15, 0.2) is 42.7 Å². The Morgan fingerprint density at radius 2 is 2.12 bits per heavy atom. The van der Waals surface area contributed by atoms with Gasteiger partial charge in [0.05, 0.1) is 16.7 Å². The van der Waals surface area contributed by atoms with Gasteiger partial charge in [-0.2, -0.15) is 0 Å². The highest BCUT2D eigenvalue weighted by Gasteiger charge is 2.13. The smallest absolute Gasteiger partial charge is 0.333 e. The Morgan fingerprint density at radius 1 is 1.31 bits per heavy atom. The van der Waals surface area contributed by atoms with Gasteiger partial charge in [0.1, 0.15) is 6.20 Å². The first-order valence-corrected chi connectivity index (χ1v) is 4.47. The van der Waals surface area contributed by atoms with E-state index in [1.165, 1.54) is 36.7 Å². The summed E-state index contributed by atoms with van der Waals surface area (Å²) in [5, 5.41) is 22.0. The van der Waals surface area contributed by atoms with Crippen LogP contribution >= 0.6 is 0 Å². The van der Waals surface area contributed by atoms with Gasteiger partial charge in [0.15, 0.2) is 0 Å². The van der Waals surface area contributed by atoms with Gasteiger partial charge in [-0.25, -0.2) is 4.73 Å². The van der Waals surface area contributed by atoms with Crippen LogP contribution < -0.4 is 4.73 Å². The van der Waals surface area contributed by atoms with Crippen LogP contribution in [0, 0.1) is 15.3 Å². The molecular formula is C10H7N3O3. The molecule has 80 valence electrons. The van der Waals surface area contributed by atoms with Crippen molar-refractivity contribution in [2.45, 2.75) is 0 Å². The zero-order chi connectivity index (χ0) is 11.5. The van der Waals surface area contributed by atoms with E-state index in [1.54, 1.807) is 6.07 Å². The highest BCUT2D eigenvalue weighted by molar-refractivity contribution is 5.56. The van der Waals surface area contributed by atoms with E-state index in [2.05, 4.69) is 4.98 Å². The number of nitrogens with zero attached hydrogens (tertiary/aromatic N) is 3. The van der Waals surface area contributed by atoms with Crippen LogP contribution in [0.25, 0.3) is 11.4 Å². The minimum Gasteiger partial charge on any atom is -0.710 e. The van der Waals surface area contributed by atoms with Crippen molar-refractivity contribution in [1.82, 2.24) is 4.98 Å². The van der Waals surface area contributed by atoms with E-state index in [4.69, 9.17) is 0 Å². The van der Waals surface area contributed by atoms with Crippen molar-refractivity contribution in [3.05, 3.63) is 58.0 Å². The number of nitro benzene ring substituents is 1. The summed E-state index contributed by atoms with van der Waals surface area (Å²) in [6.45, 7) is 0. The fraction of sp³-hybridized carbons (Fsp3) is 0. The molecule has 1 heterocycles. The summed E-state index contributed by atoms with van der Waals surface area (Å²) < 4.78 is 0.569. The van der Waals surface area contributed by atoms with Crippen molar-refractivity contribution >= 4 is 5.69 Å². The molecule has 0 N–H and O–H groups in total. The van der Waals surface area contributed by atoms with E-state index in [1.807, 2.05) is 0 Å². The molecule has 2 rings (SSSR count). The number of nitro groups is 1. The summed E-state index contributed by atoms with van der Waals surface area (Å²) >= 11 is 0. The lowest BCUT2D eigenvalue weighted by Gasteiger charge is -2.03. The maximum absolute atomic E-state index is 11.4. The van der Waals surface area contributed by atoms with E-state index in [-0.39, 0.29) is 11.5 Å². The van der Waals surface area contributed by atoms with Crippen molar-refractivity contribution in [2.75, 3.05) is 0 Å². The van der Waals surface area contributed by atoms with Gasteiger partial charge in [-0.1, -0.05) is 6.07 Å². The molecule has 0 aliphatic rings. The van der Waals surface area contributed by atoms with Crippen molar-refractivity contribution in [3.8, 4) is 11.4 Å². The standard InChI is InChI=1S/C10H7N3O3/c14-12-6-2-5-11-10(12)8-3-1-4-9(7-8)13(15)16/h1-7H. The molecule has 0 bridgehead atoms. The van der Waals surface area contributed by atoms with Gasteiger partial charge in [0.25, 0.3) is 5.69 Å². The second kappa shape index (κ2) is 3.93. The Morgan fingerprint density at radius 3 is 2.81 bits per heavy atom. The Balaban J connectivity index is 2.53. The van der Waals surface area contributed by atoms with E-state index in [0.29, 0.717) is 10.3 Å². The summed E-state index contributed by atoms with van der Waals surface area (Å²) in [7, 11) is 0. The summed E-state index contributed by atoms with van der Waals surface area (Å²) in [6.07, 6.45) is 2.75. The quantitative estimate of drug-likeness (QED) is 0.328. The Labute approximate surface area is 90.5 Å². The third-order valence-corrected chi connectivity index (χ3v) is 2.03. The largest absolute Gasteiger partial charge is 0.710 e. The molecule has 0 amide bonds. The molecule has 0 saturated heterocycles. The van der Waals surface area contributed by atoms with Gasteiger partial charge in [0, 0.05) is 18.2 Å². The Kier molecular flexibility index (Phi) is 2.47. The fourth-order valence-electron chi connectivity index (χ4n) is 1.32. The number of non-ortho nitro benzene ring substituents is 1. The lowest BCUT2D eigenvalue weighted by atomic mass is 10.2. The first-order chi connectivity index (χ1) is 7.68. The third kappa shape index (κ3) is 1.81. The lowest BCUT2D eigenvalue weighted by molar-refractivity contribution is -0.596. The van der Waals surface area contributed by atoms with Gasteiger partial charge in [0.2, 0.25) is 0 Å². The Hall–Kier alpha value is -2.50. The molecule has 1 aromatic carbocycles. The van der Waals surface area contributed by atoms with Crippen LogP contribution in [0.4, 0.5) is 5.69 Å². The van der Waals surface area contributed by atoms with Gasteiger partial charge in [-0.15, -0.1) is 0 Å². The van der Waals surface area contributed by atoms with Crippen molar-refractivity contribution in [1.29, 1.82) is 0 Å². The molecule has 16 heavy (non-hydrogen) atoms. The van der Waals surface area contributed by atoms with E-state index in [0.717, 1.165) is 0 Å². The molecular weight excluding hydrogens is 210 g/mol. The van der Waals surface area contributed by atoms with Crippen molar-refractivity contribution in [3.63, 3.8) is 0 Å². The SMILES string of the molecule is O=[N+]([O-])c1cccc(-c2nccc[n+]2[O-])c1. The number of aromatic nitrogens is 2. The number of benzene rings is 1. The van der Waals surface area contributed by atoms with Crippen molar-refractivity contribution in [2.24, 2.45) is 0 Å². The molecule has 0 radical (unpaired) electrons. The maximum atomic E-state index is 11.4. The first kappa shape index (κ1) is 10.0. The van der Waals surface area contributed by atoms with Crippen LogP contribution in [0.5, 0.6) is 0 Å². The van der Waals surface area contributed by atoms with Crippen LogP contribution in [0.1, 0.15) is 0 Å². The highest BCUT2D eigenvalue weighted by atomic mass is 16.6. The zero-order valence-electron chi connectivity index (χ0n) is 8.11. The van der Waals surface area contributed by atoms with Gasteiger partial charge < -0.3 is 5.21 Å². The molecule has 0 atom stereocenters. The molecule has 6 nitrogen and oxygen atoms in total. The summed E-state index contributed by atoms with van der Waals surface area (Å²) in [5.74, 6) is 0.145. The van der Waals surface area contributed by atoms with Crippen LogP contribution in [-0.4, -0.2) is 9.91 Å². The first-order valence-electron chi connectivity index (χ1n) is 4.47. The van der Waals surface area contributed by atoms with Gasteiger partial charge in [-0.05, 0) is 11.1 Å². The summed E-state index contributed by atoms with van der Waals surface area (Å²) in [6, 6.07) is 7.29. The van der Waals surface area contributed by atoms with E-state index in [9.17, 15) is 15.3 Å². The molecule has 1 aromatic heterocycles. The summed E-state index contributed by atoms with van der Waals surface area (Å²) in [5.41, 5.74) is 0.355. The number of hydrogen-bond donors (Lipinski definition) is 0. The average Bonchev–Trinajstić information content (AvgIpc) is 2.30. The Bertz CT molecular complexity index is 542. The number of hydrogen-bond acceptors (Lipinski definition) is 4. The molecule has 6 heteroatoms. The third-order valence-electron chi connectivity index (χ3n) is 2.03. The minimum absolute atomic E-state index is 0.0665. The second-order valence-corrected chi connectivity index (χ2v) is 3.08. The average molecular weight is 217 g/mol. The minimum atomic E-state index is -0.512. The van der Waals surface area contributed by atoms with Crippen LogP contribution in [0.3, 0.4) is 0 Å². The number of rotatable bonds is 2. The second-order valence-electron chi connectivity index (χ2n) is 3.08. The molecule has 0 aliphatic carbocycles. The summed E-state index contributed by atoms with van der Waals surface area (Å²) in [4.78, 5) is 13.9. The molecule has 2 aromatic rings. The van der Waals surface area contributed by atoms with Crippen LogP contribution in [-0.2, 0) is 0 Å². The normalized spacial score (nSPS) is 10.0. The van der Waals surface area contributed by atoms with E-state index >= 15 is 0 Å². The highest BCUT2D eigenvalue weighted by Crippen LogP contribution is 2.19. The van der Waals surface area contributed by atoms with Gasteiger partial charge in [-0.3, -0.25) is 10.1 Å². The predicted molar refractivity (Wildman–Crippen MR) is 55.3 cm³/mol.